The number of rotatable bonds is 1. The number of imidazole rings is 1. The van der Waals surface area contributed by atoms with Crippen LogP contribution in [-0.4, -0.2) is 9.55 Å². The molecule has 0 radical (unpaired) electrons. The Balaban J connectivity index is 0.000000461. The van der Waals surface area contributed by atoms with Gasteiger partial charge in [-0.05, 0) is 13.8 Å². The van der Waals surface area contributed by atoms with Gasteiger partial charge in [-0.3, -0.25) is 0 Å². The van der Waals surface area contributed by atoms with E-state index < -0.39 is 6.08 Å². The lowest BCUT2D eigenvalue weighted by Crippen LogP contribution is -2.01. The van der Waals surface area contributed by atoms with Crippen LogP contribution >= 0.6 is 0 Å². The van der Waals surface area contributed by atoms with Crippen LogP contribution < -0.4 is 0 Å². The van der Waals surface area contributed by atoms with Crippen molar-refractivity contribution < 1.29 is 4.39 Å². The van der Waals surface area contributed by atoms with Crippen molar-refractivity contribution in [3.63, 3.8) is 0 Å². The topological polar surface area (TPSA) is 17.8 Å². The first-order chi connectivity index (χ1) is 5.22. The summed E-state index contributed by atoms with van der Waals surface area (Å²) in [6.45, 7) is 7.82. The minimum atomic E-state index is -0.412. The van der Waals surface area contributed by atoms with Crippen LogP contribution in [0.4, 0.5) is 4.39 Å². The standard InChI is InChI=1S/C6H9FN2.C2H6/c1-5(2)9-4-3-8-6(9)7;1-2/h3-5H,1-2H3;1-2H3. The van der Waals surface area contributed by atoms with Crippen molar-refractivity contribution in [2.24, 2.45) is 0 Å². The van der Waals surface area contributed by atoms with Crippen LogP contribution in [0.1, 0.15) is 33.7 Å². The maximum Gasteiger partial charge on any atom is 0.289 e. The monoisotopic (exact) mass is 158 g/mol. The summed E-state index contributed by atoms with van der Waals surface area (Å²) in [6.07, 6.45) is 2.67. The zero-order valence-corrected chi connectivity index (χ0v) is 7.50. The fourth-order valence-corrected chi connectivity index (χ4v) is 0.680. The summed E-state index contributed by atoms with van der Waals surface area (Å²) in [4.78, 5) is 3.43. The van der Waals surface area contributed by atoms with Crippen LogP contribution in [0.15, 0.2) is 12.4 Å². The summed E-state index contributed by atoms with van der Waals surface area (Å²) in [5.74, 6) is 0. The molecule has 0 fully saturated rings. The smallest absolute Gasteiger partial charge is 0.289 e. The van der Waals surface area contributed by atoms with Crippen molar-refractivity contribution in [3.8, 4) is 0 Å². The molecule has 0 unspecified atom stereocenters. The molecular formula is C8H15FN2. The summed E-state index contributed by atoms with van der Waals surface area (Å²) >= 11 is 0. The molecule has 0 aliphatic heterocycles. The molecule has 0 amide bonds. The Morgan fingerprint density at radius 3 is 2.18 bits per heavy atom. The predicted octanol–water partition coefficient (Wildman–Crippen LogP) is 2.63. The van der Waals surface area contributed by atoms with Gasteiger partial charge in [-0.15, -0.1) is 0 Å². The van der Waals surface area contributed by atoms with Gasteiger partial charge in [0.25, 0.3) is 6.08 Å². The van der Waals surface area contributed by atoms with E-state index in [9.17, 15) is 4.39 Å². The van der Waals surface area contributed by atoms with Crippen LogP contribution in [0.2, 0.25) is 0 Å². The van der Waals surface area contributed by atoms with Gasteiger partial charge in [-0.25, -0.2) is 4.98 Å². The summed E-state index contributed by atoms with van der Waals surface area (Å²) in [7, 11) is 0. The largest absolute Gasteiger partial charge is 0.305 e. The normalized spacial score (nSPS) is 9.27. The van der Waals surface area contributed by atoms with Gasteiger partial charge in [0.05, 0.1) is 0 Å². The minimum absolute atomic E-state index is 0.160. The molecule has 11 heavy (non-hydrogen) atoms. The number of hydrogen-bond acceptors (Lipinski definition) is 1. The Bertz CT molecular complexity index is 194. The molecule has 1 rings (SSSR count). The number of hydrogen-bond donors (Lipinski definition) is 0. The molecule has 1 aromatic heterocycles. The minimum Gasteiger partial charge on any atom is -0.305 e. The van der Waals surface area contributed by atoms with E-state index in [2.05, 4.69) is 4.98 Å². The van der Waals surface area contributed by atoms with Crippen molar-refractivity contribution in [3.05, 3.63) is 18.5 Å². The van der Waals surface area contributed by atoms with Crippen LogP contribution in [0.5, 0.6) is 0 Å². The van der Waals surface area contributed by atoms with E-state index in [1.807, 2.05) is 27.7 Å². The van der Waals surface area contributed by atoms with Crippen molar-refractivity contribution in [1.29, 1.82) is 0 Å². The lowest BCUT2D eigenvalue weighted by atomic mass is 10.4. The molecule has 0 bridgehead atoms. The van der Waals surface area contributed by atoms with Crippen molar-refractivity contribution in [2.75, 3.05) is 0 Å². The Hall–Kier alpha value is -0.860. The number of aromatic nitrogens is 2. The van der Waals surface area contributed by atoms with Crippen molar-refractivity contribution in [1.82, 2.24) is 9.55 Å². The Morgan fingerprint density at radius 2 is 2.00 bits per heavy atom. The fraction of sp³-hybridized carbons (Fsp3) is 0.625. The highest BCUT2D eigenvalue weighted by atomic mass is 19.1. The second kappa shape index (κ2) is 4.88. The maximum atomic E-state index is 12.5. The molecule has 2 nitrogen and oxygen atoms in total. The lowest BCUT2D eigenvalue weighted by molar-refractivity contribution is 0.434. The van der Waals surface area contributed by atoms with Gasteiger partial charge in [0, 0.05) is 18.4 Å². The van der Waals surface area contributed by atoms with Gasteiger partial charge in [-0.2, -0.15) is 4.39 Å². The fourth-order valence-electron chi connectivity index (χ4n) is 0.680. The molecule has 1 heterocycles. The highest BCUT2D eigenvalue weighted by Crippen LogP contribution is 2.04. The van der Waals surface area contributed by atoms with Crippen LogP contribution in [0.25, 0.3) is 0 Å². The molecule has 0 saturated heterocycles. The maximum absolute atomic E-state index is 12.5. The van der Waals surface area contributed by atoms with Gasteiger partial charge in [0.15, 0.2) is 0 Å². The molecule has 0 atom stereocenters. The Labute approximate surface area is 67.1 Å². The average Bonchev–Trinajstić information content (AvgIpc) is 2.39. The van der Waals surface area contributed by atoms with Gasteiger partial charge in [0.1, 0.15) is 0 Å². The highest BCUT2D eigenvalue weighted by molar-refractivity contribution is 4.79. The van der Waals surface area contributed by atoms with E-state index in [1.54, 1.807) is 6.20 Å². The molecule has 0 aromatic carbocycles. The predicted molar refractivity (Wildman–Crippen MR) is 43.9 cm³/mol. The van der Waals surface area contributed by atoms with Gasteiger partial charge in [0.2, 0.25) is 0 Å². The van der Waals surface area contributed by atoms with E-state index in [1.165, 1.54) is 10.8 Å². The van der Waals surface area contributed by atoms with Crippen LogP contribution in [0, 0.1) is 6.08 Å². The van der Waals surface area contributed by atoms with Crippen molar-refractivity contribution >= 4 is 0 Å². The molecule has 0 aliphatic carbocycles. The van der Waals surface area contributed by atoms with E-state index in [0.29, 0.717) is 0 Å². The SMILES string of the molecule is CC.CC(C)n1ccnc1F. The third-order valence-electron chi connectivity index (χ3n) is 1.18. The van der Waals surface area contributed by atoms with Crippen LogP contribution in [0.3, 0.4) is 0 Å². The zero-order chi connectivity index (χ0) is 8.85. The first-order valence-electron chi connectivity index (χ1n) is 3.90. The lowest BCUT2D eigenvalue weighted by Gasteiger charge is -2.04. The second-order valence-corrected chi connectivity index (χ2v) is 2.20. The summed E-state index contributed by atoms with van der Waals surface area (Å²) in [5.41, 5.74) is 0. The average molecular weight is 158 g/mol. The van der Waals surface area contributed by atoms with Gasteiger partial charge < -0.3 is 4.57 Å². The highest BCUT2D eigenvalue weighted by Gasteiger charge is 2.01. The summed E-state index contributed by atoms with van der Waals surface area (Å²) in [6, 6.07) is 0.160. The quantitative estimate of drug-likeness (QED) is 0.614. The third-order valence-corrected chi connectivity index (χ3v) is 1.18. The second-order valence-electron chi connectivity index (χ2n) is 2.20. The Morgan fingerprint density at radius 1 is 1.45 bits per heavy atom. The van der Waals surface area contributed by atoms with Gasteiger partial charge in [-0.1, -0.05) is 13.8 Å². The summed E-state index contributed by atoms with van der Waals surface area (Å²) < 4.78 is 13.9. The molecule has 0 N–H and O–H groups in total. The number of nitrogens with zero attached hydrogens (tertiary/aromatic N) is 2. The first kappa shape index (κ1) is 10.1. The van der Waals surface area contributed by atoms with E-state index in [0.717, 1.165) is 0 Å². The molecule has 0 aliphatic rings. The molecule has 1 aromatic rings. The van der Waals surface area contributed by atoms with Crippen molar-refractivity contribution in [2.45, 2.75) is 33.7 Å². The third kappa shape index (κ3) is 2.70. The summed E-state index contributed by atoms with van der Waals surface area (Å²) in [5, 5.41) is 0. The van der Waals surface area contributed by atoms with Crippen LogP contribution in [-0.2, 0) is 0 Å². The molecule has 64 valence electrons. The van der Waals surface area contributed by atoms with Gasteiger partial charge >= 0.3 is 0 Å². The number of halogens is 1. The molecular weight excluding hydrogens is 143 g/mol. The van der Waals surface area contributed by atoms with E-state index >= 15 is 0 Å². The zero-order valence-electron chi connectivity index (χ0n) is 7.50. The molecule has 0 saturated carbocycles. The van der Waals surface area contributed by atoms with E-state index in [-0.39, 0.29) is 6.04 Å². The molecule has 0 spiro atoms. The van der Waals surface area contributed by atoms with E-state index in [4.69, 9.17) is 0 Å². The molecule has 3 heteroatoms. The Kier molecular flexibility index (Phi) is 4.50. The first-order valence-corrected chi connectivity index (χ1v) is 3.90.